The van der Waals surface area contributed by atoms with Gasteiger partial charge >= 0.3 is 0 Å². The molecule has 160 valence electrons. The van der Waals surface area contributed by atoms with Crippen molar-refractivity contribution in [2.75, 3.05) is 24.1 Å². The zero-order valence-electron chi connectivity index (χ0n) is 18.1. The highest BCUT2D eigenvalue weighted by Crippen LogP contribution is 2.24. The Morgan fingerprint density at radius 1 is 1.09 bits per heavy atom. The molecule has 0 aliphatic carbocycles. The van der Waals surface area contributed by atoms with Gasteiger partial charge in [-0.05, 0) is 71.0 Å². The van der Waals surface area contributed by atoms with Crippen LogP contribution in [0.1, 0.15) is 27.0 Å². The summed E-state index contributed by atoms with van der Waals surface area (Å²) in [4.78, 5) is 18.3. The number of H-pyrrole nitrogens is 1. The molecule has 3 aromatic carbocycles. The molecule has 0 atom stereocenters. The molecule has 4 N–H and O–H groups in total. The molecule has 0 saturated carbocycles. The van der Waals surface area contributed by atoms with Gasteiger partial charge < -0.3 is 16.0 Å². The van der Waals surface area contributed by atoms with Crippen LogP contribution < -0.4 is 11.1 Å². The summed E-state index contributed by atoms with van der Waals surface area (Å²) in [6.07, 6.45) is 4.23. The quantitative estimate of drug-likeness (QED) is 0.387. The van der Waals surface area contributed by atoms with Gasteiger partial charge in [0.2, 0.25) is 0 Å². The Bertz CT molecular complexity index is 1330. The Hall–Kier alpha value is -3.83. The summed E-state index contributed by atoms with van der Waals surface area (Å²) < 4.78 is 0. The zero-order valence-corrected chi connectivity index (χ0v) is 18.1. The van der Waals surface area contributed by atoms with Crippen LogP contribution in [0.25, 0.3) is 17.0 Å². The molecule has 1 amide bonds. The van der Waals surface area contributed by atoms with Gasteiger partial charge in [-0.3, -0.25) is 9.69 Å². The molecular formula is C27H26N4O. The van der Waals surface area contributed by atoms with Crippen molar-refractivity contribution in [3.8, 4) is 0 Å². The molecule has 0 bridgehead atoms. The Kier molecular flexibility index (Phi) is 5.25. The highest BCUT2D eigenvalue weighted by molar-refractivity contribution is 6.06. The Labute approximate surface area is 187 Å². The number of aromatic amines is 1. The van der Waals surface area contributed by atoms with Gasteiger partial charge in [0.1, 0.15) is 0 Å². The lowest BCUT2D eigenvalue weighted by Gasteiger charge is -2.34. The fourth-order valence-corrected chi connectivity index (χ4v) is 4.19. The van der Waals surface area contributed by atoms with E-state index in [0.29, 0.717) is 16.9 Å². The van der Waals surface area contributed by atoms with Crippen LogP contribution >= 0.6 is 0 Å². The van der Waals surface area contributed by atoms with Gasteiger partial charge in [0.15, 0.2) is 0 Å². The molecule has 5 rings (SSSR count). The van der Waals surface area contributed by atoms with Crippen molar-refractivity contribution in [3.63, 3.8) is 0 Å². The Morgan fingerprint density at radius 3 is 2.75 bits per heavy atom. The van der Waals surface area contributed by atoms with Crippen LogP contribution in [0, 0.1) is 6.92 Å². The van der Waals surface area contributed by atoms with Crippen molar-refractivity contribution in [1.29, 1.82) is 0 Å². The van der Waals surface area contributed by atoms with Crippen LogP contribution in [0.2, 0.25) is 0 Å². The highest BCUT2D eigenvalue weighted by Gasteiger charge is 2.20. The first kappa shape index (κ1) is 20.1. The van der Waals surface area contributed by atoms with E-state index in [1.807, 2.05) is 43.5 Å². The number of aromatic nitrogens is 1. The number of rotatable bonds is 5. The van der Waals surface area contributed by atoms with Gasteiger partial charge in [-0.15, -0.1) is 0 Å². The number of amides is 1. The van der Waals surface area contributed by atoms with E-state index in [9.17, 15) is 4.79 Å². The van der Waals surface area contributed by atoms with Crippen molar-refractivity contribution >= 4 is 34.3 Å². The van der Waals surface area contributed by atoms with Crippen LogP contribution in [0.15, 0.2) is 78.5 Å². The molecule has 1 aliphatic rings. The lowest BCUT2D eigenvalue weighted by atomic mass is 9.98. The minimum Gasteiger partial charge on any atom is -0.397 e. The third kappa shape index (κ3) is 4.15. The van der Waals surface area contributed by atoms with Crippen molar-refractivity contribution in [3.05, 3.63) is 101 Å². The molecule has 0 spiro atoms. The maximum absolute atomic E-state index is 12.6. The van der Waals surface area contributed by atoms with Gasteiger partial charge in [0, 0.05) is 36.9 Å². The SMILES string of the molecule is Cc1cc(C(=O)Nc2ccccc2N)ccc1C=C1CN(Cc2ccc3cc[nH]c3c2)C1. The van der Waals surface area contributed by atoms with Crippen molar-refractivity contribution < 1.29 is 4.79 Å². The summed E-state index contributed by atoms with van der Waals surface area (Å²) in [6.45, 7) is 4.94. The summed E-state index contributed by atoms with van der Waals surface area (Å²) in [6, 6.07) is 21.8. The third-order valence-corrected chi connectivity index (χ3v) is 5.98. The van der Waals surface area contributed by atoms with Crippen LogP contribution in [0.5, 0.6) is 0 Å². The smallest absolute Gasteiger partial charge is 0.255 e. The second-order valence-electron chi connectivity index (χ2n) is 8.46. The lowest BCUT2D eigenvalue weighted by molar-refractivity contribution is 0.102. The minimum absolute atomic E-state index is 0.154. The summed E-state index contributed by atoms with van der Waals surface area (Å²) in [5, 5.41) is 4.13. The van der Waals surface area contributed by atoms with Crippen molar-refractivity contribution in [2.45, 2.75) is 13.5 Å². The topological polar surface area (TPSA) is 74.2 Å². The fraction of sp³-hybridized carbons (Fsp3) is 0.148. The molecule has 0 radical (unpaired) electrons. The summed E-state index contributed by atoms with van der Waals surface area (Å²) in [5.74, 6) is -0.154. The number of carbonyl (C=O) groups excluding carboxylic acids is 1. The molecule has 4 aromatic rings. The number of fused-ring (bicyclic) bond motifs is 1. The molecule has 5 nitrogen and oxygen atoms in total. The molecule has 32 heavy (non-hydrogen) atoms. The van der Waals surface area contributed by atoms with Crippen LogP contribution in [-0.2, 0) is 6.54 Å². The van der Waals surface area contributed by atoms with E-state index in [4.69, 9.17) is 5.73 Å². The monoisotopic (exact) mass is 422 g/mol. The first-order chi connectivity index (χ1) is 15.5. The van der Waals surface area contributed by atoms with E-state index in [0.717, 1.165) is 30.8 Å². The maximum Gasteiger partial charge on any atom is 0.255 e. The number of benzene rings is 3. The number of hydrogen-bond acceptors (Lipinski definition) is 3. The molecule has 1 aromatic heterocycles. The van der Waals surface area contributed by atoms with Gasteiger partial charge in [0.25, 0.3) is 5.91 Å². The Balaban J connectivity index is 1.21. The van der Waals surface area contributed by atoms with Gasteiger partial charge in [0.05, 0.1) is 11.4 Å². The van der Waals surface area contributed by atoms with Crippen LogP contribution in [0.3, 0.4) is 0 Å². The van der Waals surface area contributed by atoms with E-state index in [-0.39, 0.29) is 5.91 Å². The molecule has 1 aliphatic heterocycles. The molecule has 5 heteroatoms. The van der Waals surface area contributed by atoms with E-state index in [1.165, 1.54) is 22.0 Å². The van der Waals surface area contributed by atoms with Gasteiger partial charge in [-0.2, -0.15) is 0 Å². The lowest BCUT2D eigenvalue weighted by Crippen LogP contribution is -2.39. The summed E-state index contributed by atoms with van der Waals surface area (Å²) >= 11 is 0. The van der Waals surface area contributed by atoms with E-state index in [1.54, 1.807) is 12.1 Å². The second-order valence-corrected chi connectivity index (χ2v) is 8.46. The predicted molar refractivity (Wildman–Crippen MR) is 132 cm³/mol. The number of carbonyl (C=O) groups is 1. The standard InChI is InChI=1S/C27H26N4O/c1-18-12-23(27(32)30-25-5-3-2-4-24(25)28)9-8-22(18)13-20-16-31(17-20)15-19-6-7-21-10-11-29-26(21)14-19/h2-14,29H,15-17,28H2,1H3,(H,30,32). The minimum atomic E-state index is -0.154. The number of hydrogen-bond donors (Lipinski definition) is 3. The van der Waals surface area contributed by atoms with Gasteiger partial charge in [-0.25, -0.2) is 0 Å². The predicted octanol–water partition coefficient (Wildman–Crippen LogP) is 5.21. The average Bonchev–Trinajstić information content (AvgIpc) is 3.23. The average molecular weight is 423 g/mol. The number of nitrogen functional groups attached to an aromatic ring is 1. The van der Waals surface area contributed by atoms with E-state index < -0.39 is 0 Å². The second kappa shape index (κ2) is 8.36. The maximum atomic E-state index is 12.6. The first-order valence-corrected chi connectivity index (χ1v) is 10.8. The number of nitrogens with one attached hydrogen (secondary N) is 2. The molecular weight excluding hydrogens is 396 g/mol. The first-order valence-electron chi connectivity index (χ1n) is 10.8. The number of anilines is 2. The van der Waals surface area contributed by atoms with Crippen molar-refractivity contribution in [2.24, 2.45) is 0 Å². The molecule has 2 heterocycles. The fourth-order valence-electron chi connectivity index (χ4n) is 4.19. The number of para-hydroxylation sites is 2. The molecule has 0 unspecified atom stereocenters. The largest absolute Gasteiger partial charge is 0.397 e. The zero-order chi connectivity index (χ0) is 22.1. The van der Waals surface area contributed by atoms with Crippen molar-refractivity contribution in [1.82, 2.24) is 9.88 Å². The normalized spacial score (nSPS) is 13.7. The number of likely N-dealkylation sites (tertiary alicyclic amines) is 1. The van der Waals surface area contributed by atoms with Gasteiger partial charge in [-0.1, -0.05) is 36.4 Å². The van der Waals surface area contributed by atoms with E-state index in [2.05, 4.69) is 45.5 Å². The number of nitrogens with zero attached hydrogens (tertiary/aromatic N) is 1. The highest BCUT2D eigenvalue weighted by atomic mass is 16.1. The summed E-state index contributed by atoms with van der Waals surface area (Å²) in [7, 11) is 0. The Morgan fingerprint density at radius 2 is 1.94 bits per heavy atom. The van der Waals surface area contributed by atoms with Crippen LogP contribution in [-0.4, -0.2) is 28.9 Å². The molecule has 1 fully saturated rings. The summed E-state index contributed by atoms with van der Waals surface area (Å²) in [5.41, 5.74) is 13.9. The number of aryl methyl sites for hydroxylation is 1. The van der Waals surface area contributed by atoms with Crippen LogP contribution in [0.4, 0.5) is 11.4 Å². The number of nitrogens with two attached hydrogens (primary N) is 1. The van der Waals surface area contributed by atoms with E-state index >= 15 is 0 Å². The third-order valence-electron chi connectivity index (χ3n) is 5.98. The molecule has 1 saturated heterocycles.